The molecule has 3 nitrogen and oxygen atoms in total. The molecule has 0 heterocycles. The van der Waals surface area contributed by atoms with E-state index in [2.05, 4.69) is 26.8 Å². The van der Waals surface area contributed by atoms with Crippen molar-refractivity contribution in [1.29, 1.82) is 0 Å². The predicted molar refractivity (Wildman–Crippen MR) is 126 cm³/mol. The molecule has 32 heavy (non-hydrogen) atoms. The summed E-state index contributed by atoms with van der Waals surface area (Å²) in [7, 11) is 0. The first kappa shape index (κ1) is 21.9. The van der Waals surface area contributed by atoms with Gasteiger partial charge >= 0.3 is 5.97 Å². The maximum absolute atomic E-state index is 12.6. The van der Waals surface area contributed by atoms with Crippen molar-refractivity contribution in [2.75, 3.05) is 0 Å². The molecule has 5 rings (SSSR count). The highest BCUT2D eigenvalue weighted by Gasteiger charge is 2.58. The molecule has 0 saturated heterocycles. The molecule has 3 saturated carbocycles. The van der Waals surface area contributed by atoms with Gasteiger partial charge in [0.25, 0.3) is 0 Å². The number of allylic oxidation sites excluding steroid dienone is 2. The molecule has 0 aromatic heterocycles. The summed E-state index contributed by atoms with van der Waals surface area (Å²) in [6.45, 7) is 7.12. The lowest BCUT2D eigenvalue weighted by Crippen LogP contribution is -2.50. The smallest absolute Gasteiger partial charge is 0.338 e. The fourth-order valence-corrected chi connectivity index (χ4v) is 8.37. The van der Waals surface area contributed by atoms with Crippen molar-refractivity contribution in [3.8, 4) is 0 Å². The lowest BCUT2D eigenvalue weighted by molar-refractivity contribution is -0.114. The summed E-state index contributed by atoms with van der Waals surface area (Å²) >= 11 is 0. The average molecular weight is 435 g/mol. The molecule has 4 aliphatic carbocycles. The van der Waals surface area contributed by atoms with Crippen molar-refractivity contribution >= 4 is 12.3 Å². The number of rotatable bonds is 4. The lowest BCUT2D eigenvalue weighted by Gasteiger charge is -2.57. The van der Waals surface area contributed by atoms with Crippen LogP contribution in [0.25, 0.3) is 0 Å². The molecular weight excluding hydrogens is 396 g/mol. The summed E-state index contributed by atoms with van der Waals surface area (Å²) in [4.78, 5) is 24.2. The van der Waals surface area contributed by atoms with Crippen molar-refractivity contribution in [3.63, 3.8) is 0 Å². The molecule has 0 radical (unpaired) electrons. The Kier molecular flexibility index (Phi) is 5.58. The maximum Gasteiger partial charge on any atom is 0.338 e. The van der Waals surface area contributed by atoms with E-state index in [0.717, 1.165) is 25.7 Å². The zero-order valence-corrected chi connectivity index (χ0v) is 19.9. The van der Waals surface area contributed by atoms with E-state index in [1.807, 2.05) is 30.3 Å². The number of carbonyl (C=O) groups excluding carboxylic acids is 2. The van der Waals surface area contributed by atoms with E-state index < -0.39 is 0 Å². The fourth-order valence-electron chi connectivity index (χ4n) is 8.37. The van der Waals surface area contributed by atoms with Crippen molar-refractivity contribution in [3.05, 3.63) is 47.5 Å². The van der Waals surface area contributed by atoms with Crippen LogP contribution in [0.4, 0.5) is 0 Å². The number of ether oxygens (including phenoxy) is 1. The zero-order chi connectivity index (χ0) is 22.5. The minimum atomic E-state index is -0.180. The van der Waals surface area contributed by atoms with Crippen LogP contribution in [0.1, 0.15) is 82.5 Å². The van der Waals surface area contributed by atoms with Gasteiger partial charge in [-0.05, 0) is 98.0 Å². The standard InChI is InChI=1S/C29H38O3/c1-19(18-30)24-11-12-25-23-10-9-21-17-22(32-27(31)20-7-5-4-6-8-20)13-15-28(21,2)26(23)14-16-29(24,25)3/h4-8,10,18-19,21-22,24-26H,9,11-17H2,1-3H3/t19-,21+,22+,24-,25+,26+,28+,29-/m1/s1. The quantitative estimate of drug-likeness (QED) is 0.304. The Bertz CT molecular complexity index is 904. The Morgan fingerprint density at radius 2 is 1.75 bits per heavy atom. The van der Waals surface area contributed by atoms with Crippen molar-refractivity contribution in [1.82, 2.24) is 0 Å². The Balaban J connectivity index is 1.32. The molecule has 0 spiro atoms. The molecule has 0 bridgehead atoms. The topological polar surface area (TPSA) is 43.4 Å². The van der Waals surface area contributed by atoms with Crippen molar-refractivity contribution < 1.29 is 14.3 Å². The molecule has 8 atom stereocenters. The number of carbonyl (C=O) groups is 2. The second-order valence-corrected chi connectivity index (χ2v) is 11.6. The summed E-state index contributed by atoms with van der Waals surface area (Å²) in [5, 5.41) is 0. The third-order valence-corrected chi connectivity index (χ3v) is 10.2. The van der Waals surface area contributed by atoms with E-state index in [0.29, 0.717) is 34.7 Å². The van der Waals surface area contributed by atoms with Crippen molar-refractivity contribution in [2.45, 2.75) is 78.2 Å². The van der Waals surface area contributed by atoms with E-state index in [4.69, 9.17) is 4.74 Å². The van der Waals surface area contributed by atoms with Crippen LogP contribution < -0.4 is 0 Å². The number of hydrogen-bond acceptors (Lipinski definition) is 3. The van der Waals surface area contributed by atoms with Gasteiger partial charge in [-0.15, -0.1) is 0 Å². The largest absolute Gasteiger partial charge is 0.459 e. The Morgan fingerprint density at radius 3 is 2.50 bits per heavy atom. The van der Waals surface area contributed by atoms with Gasteiger partial charge in [-0.1, -0.05) is 50.6 Å². The summed E-state index contributed by atoms with van der Waals surface area (Å²) < 4.78 is 5.95. The summed E-state index contributed by atoms with van der Waals surface area (Å²) in [5.41, 5.74) is 2.97. The van der Waals surface area contributed by atoms with Crippen LogP contribution in [0.15, 0.2) is 42.0 Å². The molecule has 1 aromatic rings. The molecule has 0 unspecified atom stereocenters. The Hall–Kier alpha value is -1.90. The first-order valence-electron chi connectivity index (χ1n) is 12.8. The summed E-state index contributed by atoms with van der Waals surface area (Å²) in [5.74, 6) is 2.43. The van der Waals surface area contributed by atoms with E-state index in [-0.39, 0.29) is 23.4 Å². The third kappa shape index (κ3) is 3.38. The fraction of sp³-hybridized carbons (Fsp3) is 0.655. The number of hydrogen-bond donors (Lipinski definition) is 0. The van der Waals surface area contributed by atoms with Crippen LogP contribution in [0.5, 0.6) is 0 Å². The second kappa shape index (κ2) is 8.15. The molecule has 3 fully saturated rings. The highest BCUT2D eigenvalue weighted by atomic mass is 16.5. The van der Waals surface area contributed by atoms with Crippen LogP contribution in [-0.4, -0.2) is 18.4 Å². The zero-order valence-electron chi connectivity index (χ0n) is 19.9. The third-order valence-electron chi connectivity index (χ3n) is 10.2. The SMILES string of the molecule is C[C@H](C=O)[C@H]1CC[C@H]2C3=CC[C@H]4C[C@@H](OC(=O)c5ccccc5)CC[C@]4(C)[C@H]3CC[C@]12C. The highest BCUT2D eigenvalue weighted by Crippen LogP contribution is 2.66. The van der Waals surface area contributed by atoms with Gasteiger partial charge in [0.15, 0.2) is 0 Å². The normalized spacial score (nSPS) is 41.5. The molecule has 4 aliphatic rings. The van der Waals surface area contributed by atoms with Crippen LogP contribution in [-0.2, 0) is 9.53 Å². The van der Waals surface area contributed by atoms with E-state index in [9.17, 15) is 9.59 Å². The average Bonchev–Trinajstić information content (AvgIpc) is 3.16. The van der Waals surface area contributed by atoms with Gasteiger partial charge in [0, 0.05) is 5.92 Å². The van der Waals surface area contributed by atoms with Crippen molar-refractivity contribution in [2.24, 2.45) is 40.4 Å². The summed E-state index contributed by atoms with van der Waals surface area (Å²) in [6.07, 6.45) is 13.0. The molecule has 0 amide bonds. The van der Waals surface area contributed by atoms with Crippen LogP contribution >= 0.6 is 0 Å². The minimum Gasteiger partial charge on any atom is -0.459 e. The van der Waals surface area contributed by atoms with Gasteiger partial charge < -0.3 is 9.53 Å². The number of benzene rings is 1. The molecule has 1 aromatic carbocycles. The Labute approximate surface area is 193 Å². The first-order valence-corrected chi connectivity index (χ1v) is 12.8. The predicted octanol–water partition coefficient (Wildman–Crippen LogP) is 6.63. The van der Waals surface area contributed by atoms with Gasteiger partial charge in [-0.25, -0.2) is 4.79 Å². The first-order chi connectivity index (χ1) is 15.4. The lowest BCUT2D eigenvalue weighted by atomic mass is 9.47. The molecule has 0 N–H and O–H groups in total. The van der Waals surface area contributed by atoms with Crippen LogP contribution in [0.2, 0.25) is 0 Å². The number of fused-ring (bicyclic) bond motifs is 5. The van der Waals surface area contributed by atoms with Gasteiger partial charge in [0.1, 0.15) is 12.4 Å². The number of esters is 1. The number of aldehydes is 1. The van der Waals surface area contributed by atoms with E-state index >= 15 is 0 Å². The molecular formula is C29H38O3. The van der Waals surface area contributed by atoms with Crippen LogP contribution in [0.3, 0.4) is 0 Å². The van der Waals surface area contributed by atoms with E-state index in [1.165, 1.54) is 32.0 Å². The van der Waals surface area contributed by atoms with Crippen LogP contribution in [0, 0.1) is 40.4 Å². The Morgan fingerprint density at radius 1 is 1.03 bits per heavy atom. The molecule has 0 aliphatic heterocycles. The van der Waals surface area contributed by atoms with E-state index in [1.54, 1.807) is 5.57 Å². The molecule has 172 valence electrons. The highest BCUT2D eigenvalue weighted by molar-refractivity contribution is 5.89. The monoisotopic (exact) mass is 434 g/mol. The second-order valence-electron chi connectivity index (χ2n) is 11.6. The van der Waals surface area contributed by atoms with Gasteiger partial charge in [-0.3, -0.25) is 0 Å². The van der Waals surface area contributed by atoms with Gasteiger partial charge in [0.2, 0.25) is 0 Å². The summed E-state index contributed by atoms with van der Waals surface area (Å²) in [6, 6.07) is 9.38. The molecule has 3 heteroatoms. The maximum atomic E-state index is 12.6. The minimum absolute atomic E-state index is 0.0360. The van der Waals surface area contributed by atoms with Gasteiger partial charge in [0.05, 0.1) is 5.56 Å². The van der Waals surface area contributed by atoms with Gasteiger partial charge in [-0.2, -0.15) is 0 Å².